The van der Waals surface area contributed by atoms with E-state index in [0.717, 1.165) is 0 Å². The SMILES string of the molecule is COC(=O)c1ccc(C#Cc2cc(Br)cc(C(=O)C(=O)c3cc(OC)cc(OC)c3)c2)cc1. The molecule has 0 amide bonds. The van der Waals surface area contributed by atoms with Crippen molar-refractivity contribution in [3.63, 3.8) is 0 Å². The van der Waals surface area contributed by atoms with Crippen molar-refractivity contribution in [2.75, 3.05) is 21.3 Å². The highest BCUT2D eigenvalue weighted by atomic mass is 79.9. The maximum absolute atomic E-state index is 12.9. The van der Waals surface area contributed by atoms with Gasteiger partial charge in [0.05, 0.1) is 26.9 Å². The van der Waals surface area contributed by atoms with Crippen LogP contribution in [0.2, 0.25) is 0 Å². The second kappa shape index (κ2) is 10.6. The van der Waals surface area contributed by atoms with Crippen LogP contribution in [0.15, 0.2) is 65.1 Å². The van der Waals surface area contributed by atoms with Crippen molar-refractivity contribution in [2.24, 2.45) is 0 Å². The Labute approximate surface area is 199 Å². The van der Waals surface area contributed by atoms with Crippen molar-refractivity contribution in [3.05, 3.63) is 93.0 Å². The van der Waals surface area contributed by atoms with Crippen LogP contribution in [0.5, 0.6) is 11.5 Å². The number of Topliss-reactive ketones (excluding diaryl/α,β-unsaturated/α-hetero) is 2. The first-order valence-electron chi connectivity index (χ1n) is 9.67. The molecule has 0 saturated carbocycles. The maximum Gasteiger partial charge on any atom is 0.337 e. The highest BCUT2D eigenvalue weighted by molar-refractivity contribution is 9.10. The van der Waals surface area contributed by atoms with E-state index in [9.17, 15) is 14.4 Å². The fourth-order valence-corrected chi connectivity index (χ4v) is 3.44. The number of esters is 1. The summed E-state index contributed by atoms with van der Waals surface area (Å²) >= 11 is 3.37. The number of carbonyl (C=O) groups is 3. The van der Waals surface area contributed by atoms with Gasteiger partial charge in [-0.2, -0.15) is 0 Å². The molecule has 3 rings (SSSR count). The van der Waals surface area contributed by atoms with E-state index >= 15 is 0 Å². The molecular formula is C26H19BrO6. The number of hydrogen-bond donors (Lipinski definition) is 0. The molecule has 0 fully saturated rings. The molecule has 3 aromatic carbocycles. The van der Waals surface area contributed by atoms with Crippen molar-refractivity contribution in [2.45, 2.75) is 0 Å². The predicted octanol–water partition coefficient (Wildman–Crippen LogP) is 4.72. The number of benzene rings is 3. The van der Waals surface area contributed by atoms with Crippen LogP contribution >= 0.6 is 15.9 Å². The Hall–Kier alpha value is -3.89. The summed E-state index contributed by atoms with van der Waals surface area (Å²) in [6.07, 6.45) is 0. The molecule has 0 spiro atoms. The van der Waals surface area contributed by atoms with Gasteiger partial charge in [-0.1, -0.05) is 27.8 Å². The van der Waals surface area contributed by atoms with Crippen LogP contribution in [-0.2, 0) is 4.74 Å². The average molecular weight is 507 g/mol. The first-order valence-corrected chi connectivity index (χ1v) is 10.5. The predicted molar refractivity (Wildman–Crippen MR) is 126 cm³/mol. The third-order valence-electron chi connectivity index (χ3n) is 4.64. The lowest BCUT2D eigenvalue weighted by Gasteiger charge is -2.08. The van der Waals surface area contributed by atoms with Gasteiger partial charge < -0.3 is 14.2 Å². The van der Waals surface area contributed by atoms with Crippen molar-refractivity contribution in [1.82, 2.24) is 0 Å². The molecule has 7 heteroatoms. The quantitative estimate of drug-likeness (QED) is 0.208. The van der Waals surface area contributed by atoms with E-state index in [-0.39, 0.29) is 11.1 Å². The highest BCUT2D eigenvalue weighted by Gasteiger charge is 2.21. The Morgan fingerprint density at radius 3 is 1.76 bits per heavy atom. The van der Waals surface area contributed by atoms with Crippen LogP contribution in [0.1, 0.15) is 42.2 Å². The van der Waals surface area contributed by atoms with Gasteiger partial charge in [-0.15, -0.1) is 0 Å². The van der Waals surface area contributed by atoms with E-state index in [1.54, 1.807) is 48.5 Å². The minimum absolute atomic E-state index is 0.162. The summed E-state index contributed by atoms with van der Waals surface area (Å²) in [6, 6.07) is 16.1. The minimum Gasteiger partial charge on any atom is -0.497 e. The summed E-state index contributed by atoms with van der Waals surface area (Å²) in [7, 11) is 4.25. The lowest BCUT2D eigenvalue weighted by molar-refractivity contribution is 0.0600. The van der Waals surface area contributed by atoms with E-state index in [1.807, 2.05) is 0 Å². The van der Waals surface area contributed by atoms with Gasteiger partial charge in [-0.05, 0) is 54.6 Å². The van der Waals surface area contributed by atoms with Crippen molar-refractivity contribution in [1.29, 1.82) is 0 Å². The van der Waals surface area contributed by atoms with Crippen LogP contribution in [0.25, 0.3) is 0 Å². The van der Waals surface area contributed by atoms with Crippen LogP contribution in [0.3, 0.4) is 0 Å². The van der Waals surface area contributed by atoms with Crippen LogP contribution < -0.4 is 9.47 Å². The van der Waals surface area contributed by atoms with E-state index < -0.39 is 17.5 Å². The number of carbonyl (C=O) groups excluding carboxylic acids is 3. The number of halogens is 1. The van der Waals surface area contributed by atoms with Gasteiger partial charge in [0.15, 0.2) is 0 Å². The molecule has 0 unspecified atom stereocenters. The summed E-state index contributed by atoms with van der Waals surface area (Å²) in [5, 5.41) is 0. The largest absolute Gasteiger partial charge is 0.497 e. The van der Waals surface area contributed by atoms with E-state index in [4.69, 9.17) is 9.47 Å². The number of rotatable bonds is 6. The number of methoxy groups -OCH3 is 3. The molecule has 6 nitrogen and oxygen atoms in total. The molecular weight excluding hydrogens is 488 g/mol. The second-order valence-electron chi connectivity index (χ2n) is 6.81. The molecule has 0 atom stereocenters. The molecule has 0 aliphatic heterocycles. The number of hydrogen-bond acceptors (Lipinski definition) is 6. The Kier molecular flexibility index (Phi) is 7.65. The smallest absolute Gasteiger partial charge is 0.337 e. The van der Waals surface area contributed by atoms with Gasteiger partial charge in [0.25, 0.3) is 0 Å². The standard InChI is InChI=1S/C26H19BrO6/c1-31-22-13-20(14-23(15-22)32-2)25(29)24(28)19-10-17(11-21(27)12-19)5-4-16-6-8-18(9-7-16)26(30)33-3/h6-15H,1-3H3. The fraction of sp³-hybridized carbons (Fsp3) is 0.115. The first-order chi connectivity index (χ1) is 15.8. The Bertz CT molecular complexity index is 1260. The normalized spacial score (nSPS) is 9.94. The fourth-order valence-electron chi connectivity index (χ4n) is 2.95. The molecule has 0 aliphatic carbocycles. The Morgan fingerprint density at radius 2 is 1.21 bits per heavy atom. The second-order valence-corrected chi connectivity index (χ2v) is 7.72. The molecule has 0 aliphatic rings. The number of ether oxygens (including phenoxy) is 3. The molecule has 0 saturated heterocycles. The molecule has 0 bridgehead atoms. The third-order valence-corrected chi connectivity index (χ3v) is 5.09. The topological polar surface area (TPSA) is 78.9 Å². The third kappa shape index (κ3) is 5.88. The molecule has 0 radical (unpaired) electrons. The molecule has 0 heterocycles. The van der Waals surface area contributed by atoms with Crippen molar-refractivity contribution in [3.8, 4) is 23.3 Å². The van der Waals surface area contributed by atoms with Crippen LogP contribution in [0.4, 0.5) is 0 Å². The van der Waals surface area contributed by atoms with Gasteiger partial charge in [0, 0.05) is 32.8 Å². The molecule has 0 N–H and O–H groups in total. The number of ketones is 2. The maximum atomic E-state index is 12.9. The van der Waals surface area contributed by atoms with Gasteiger partial charge in [0.2, 0.25) is 11.6 Å². The van der Waals surface area contributed by atoms with Gasteiger partial charge >= 0.3 is 5.97 Å². The van der Waals surface area contributed by atoms with Crippen LogP contribution in [-0.4, -0.2) is 38.9 Å². The minimum atomic E-state index is -0.692. The zero-order valence-corrected chi connectivity index (χ0v) is 19.7. The monoisotopic (exact) mass is 506 g/mol. The molecule has 0 aromatic heterocycles. The Balaban J connectivity index is 1.88. The molecule has 3 aromatic rings. The summed E-state index contributed by atoms with van der Waals surface area (Å²) < 4.78 is 15.6. The average Bonchev–Trinajstić information content (AvgIpc) is 2.85. The summed E-state index contributed by atoms with van der Waals surface area (Å²) in [4.78, 5) is 37.3. The van der Waals surface area contributed by atoms with Gasteiger partial charge in [-0.25, -0.2) is 4.79 Å². The first kappa shape index (κ1) is 23.8. The van der Waals surface area contributed by atoms with Gasteiger partial charge in [-0.3, -0.25) is 9.59 Å². The molecule has 33 heavy (non-hydrogen) atoms. The highest BCUT2D eigenvalue weighted by Crippen LogP contribution is 2.24. The van der Waals surface area contributed by atoms with E-state index in [0.29, 0.717) is 32.7 Å². The van der Waals surface area contributed by atoms with E-state index in [1.165, 1.54) is 33.5 Å². The lowest BCUT2D eigenvalue weighted by atomic mass is 9.99. The summed E-state index contributed by atoms with van der Waals surface area (Å²) in [5.41, 5.74) is 2.00. The summed E-state index contributed by atoms with van der Waals surface area (Å²) in [6.45, 7) is 0. The zero-order chi connectivity index (χ0) is 24.0. The molecule has 166 valence electrons. The van der Waals surface area contributed by atoms with Crippen molar-refractivity contribution >= 4 is 33.5 Å². The van der Waals surface area contributed by atoms with E-state index in [2.05, 4.69) is 32.5 Å². The lowest BCUT2D eigenvalue weighted by Crippen LogP contribution is -2.15. The van der Waals surface area contributed by atoms with Crippen molar-refractivity contribution < 1.29 is 28.6 Å². The zero-order valence-electron chi connectivity index (χ0n) is 18.1. The van der Waals surface area contributed by atoms with Gasteiger partial charge in [0.1, 0.15) is 11.5 Å². The summed E-state index contributed by atoms with van der Waals surface area (Å²) in [5.74, 6) is 4.96. The Morgan fingerprint density at radius 1 is 0.667 bits per heavy atom. The van der Waals surface area contributed by atoms with Crippen LogP contribution in [0, 0.1) is 11.8 Å².